The highest BCUT2D eigenvalue weighted by Gasteiger charge is 2.45. The first-order valence-electron chi connectivity index (χ1n) is 11.8. The molecular formula is C27H25FN4O6. The monoisotopic (exact) mass is 520 g/mol. The van der Waals surface area contributed by atoms with Crippen LogP contribution in [0.3, 0.4) is 0 Å². The third-order valence-corrected chi connectivity index (χ3v) is 6.93. The molecule has 0 saturated carbocycles. The maximum atomic E-state index is 13.6. The number of halogens is 1. The molecular weight excluding hydrogens is 495 g/mol. The zero-order valence-corrected chi connectivity index (χ0v) is 20.9. The molecule has 0 unspecified atom stereocenters. The summed E-state index contributed by atoms with van der Waals surface area (Å²) in [5, 5.41) is 14.1. The lowest BCUT2D eigenvalue weighted by Gasteiger charge is -2.26. The van der Waals surface area contributed by atoms with E-state index in [2.05, 4.69) is 10.3 Å². The number of benzene rings is 2. The van der Waals surface area contributed by atoms with Crippen molar-refractivity contribution in [3.63, 3.8) is 0 Å². The van der Waals surface area contributed by atoms with Crippen LogP contribution in [-0.2, 0) is 22.9 Å². The van der Waals surface area contributed by atoms with Crippen LogP contribution >= 0.6 is 0 Å². The Hall–Kier alpha value is -4.51. The van der Waals surface area contributed by atoms with Gasteiger partial charge in [0, 0.05) is 23.7 Å². The summed E-state index contributed by atoms with van der Waals surface area (Å²) < 4.78 is 25.8. The third kappa shape index (κ3) is 4.10. The standard InChI is InChI=1S/C27H25FN4O6/c1-26(24(29)34)13-37-22-17(26)11-20(31-21(22)14-4-7-16(28)8-5-14)27(2,36)12-30-23(33)15-6-9-19-18(10-15)32(3)25(35)38-19/h4-11,36H,12-13H2,1-3H3,(H2,29,34)(H,30,33)/t26-,27-/m0/s1. The molecule has 1 aliphatic heterocycles. The van der Waals surface area contributed by atoms with Crippen LogP contribution in [0.5, 0.6) is 5.75 Å². The molecule has 2 aromatic heterocycles. The van der Waals surface area contributed by atoms with E-state index >= 15 is 0 Å². The second-order valence-corrected chi connectivity index (χ2v) is 9.79. The van der Waals surface area contributed by atoms with Crippen LogP contribution in [0.2, 0.25) is 0 Å². The van der Waals surface area contributed by atoms with Crippen LogP contribution in [0.25, 0.3) is 22.4 Å². The van der Waals surface area contributed by atoms with E-state index in [1.165, 1.54) is 61.0 Å². The Bertz CT molecular complexity index is 1660. The zero-order chi connectivity index (χ0) is 27.4. The molecule has 2 amide bonds. The fourth-order valence-electron chi connectivity index (χ4n) is 4.38. The van der Waals surface area contributed by atoms with Crippen molar-refractivity contribution >= 4 is 22.9 Å². The number of aromatic nitrogens is 2. The number of nitrogens with zero attached hydrogens (tertiary/aromatic N) is 2. The topological polar surface area (TPSA) is 150 Å². The van der Waals surface area contributed by atoms with Crippen LogP contribution in [0.4, 0.5) is 4.39 Å². The zero-order valence-electron chi connectivity index (χ0n) is 20.9. The normalized spacial score (nSPS) is 18.0. The van der Waals surface area contributed by atoms with Gasteiger partial charge in [0.25, 0.3) is 5.91 Å². The number of oxazole rings is 1. The first-order valence-corrected chi connectivity index (χ1v) is 11.8. The smallest absolute Gasteiger partial charge is 0.419 e. The molecule has 196 valence electrons. The van der Waals surface area contributed by atoms with E-state index in [0.717, 1.165) is 0 Å². The summed E-state index contributed by atoms with van der Waals surface area (Å²) in [7, 11) is 1.53. The predicted octanol–water partition coefficient (Wildman–Crippen LogP) is 2.11. The second-order valence-electron chi connectivity index (χ2n) is 9.79. The number of rotatable bonds is 6. The molecule has 0 fully saturated rings. The minimum absolute atomic E-state index is 0.0190. The van der Waals surface area contributed by atoms with Gasteiger partial charge in [0.2, 0.25) is 5.91 Å². The molecule has 2 aromatic carbocycles. The number of amides is 2. The minimum Gasteiger partial charge on any atom is -0.489 e. The number of aryl methyl sites for hydroxylation is 1. The van der Waals surface area contributed by atoms with Gasteiger partial charge in [-0.25, -0.2) is 14.2 Å². The Morgan fingerprint density at radius 2 is 1.95 bits per heavy atom. The highest BCUT2D eigenvalue weighted by molar-refractivity contribution is 5.97. The Balaban J connectivity index is 1.49. The van der Waals surface area contributed by atoms with Crippen molar-refractivity contribution in [3.8, 4) is 17.0 Å². The number of nitrogens with two attached hydrogens (primary N) is 1. The Kier molecular flexibility index (Phi) is 5.83. The number of carbonyl (C=O) groups excluding carboxylic acids is 2. The largest absolute Gasteiger partial charge is 0.489 e. The van der Waals surface area contributed by atoms with Crippen molar-refractivity contribution in [1.29, 1.82) is 0 Å². The molecule has 10 nitrogen and oxygen atoms in total. The van der Waals surface area contributed by atoms with Gasteiger partial charge in [-0.05, 0) is 62.4 Å². The molecule has 5 rings (SSSR count). The lowest BCUT2D eigenvalue weighted by Crippen LogP contribution is -2.41. The SMILES string of the molecule is Cn1c(=O)oc2ccc(C(=O)NC[C@](C)(O)c3cc4c(c(-c5ccc(F)cc5)n3)OC[C@]4(C)C(N)=O)cc21. The van der Waals surface area contributed by atoms with E-state index in [1.807, 2.05) is 0 Å². The molecule has 4 N–H and O–H groups in total. The Morgan fingerprint density at radius 1 is 1.24 bits per heavy atom. The summed E-state index contributed by atoms with van der Waals surface area (Å²) in [6.07, 6.45) is 0. The van der Waals surface area contributed by atoms with Gasteiger partial charge < -0.3 is 25.3 Å². The number of fused-ring (bicyclic) bond motifs is 2. The molecule has 11 heteroatoms. The Morgan fingerprint density at radius 3 is 2.63 bits per heavy atom. The van der Waals surface area contributed by atoms with Crippen LogP contribution in [0, 0.1) is 5.82 Å². The van der Waals surface area contributed by atoms with E-state index in [9.17, 15) is 23.9 Å². The number of hydrogen-bond acceptors (Lipinski definition) is 7. The van der Waals surface area contributed by atoms with Gasteiger partial charge in [0.15, 0.2) is 5.58 Å². The van der Waals surface area contributed by atoms with Crippen molar-refractivity contribution in [2.45, 2.75) is 24.9 Å². The average molecular weight is 521 g/mol. The summed E-state index contributed by atoms with van der Waals surface area (Å²) in [6, 6.07) is 11.6. The van der Waals surface area contributed by atoms with Gasteiger partial charge in [-0.1, -0.05) is 0 Å². The summed E-state index contributed by atoms with van der Waals surface area (Å²) in [5.74, 6) is -1.78. The van der Waals surface area contributed by atoms with E-state index in [4.69, 9.17) is 14.9 Å². The molecule has 1 aliphatic rings. The fraction of sp³-hybridized carbons (Fsp3) is 0.259. The fourth-order valence-corrected chi connectivity index (χ4v) is 4.38. The van der Waals surface area contributed by atoms with E-state index < -0.39 is 34.4 Å². The number of nitrogens with one attached hydrogen (secondary N) is 1. The quantitative estimate of drug-likeness (QED) is 0.352. The lowest BCUT2D eigenvalue weighted by molar-refractivity contribution is -0.123. The number of ether oxygens (including phenoxy) is 1. The number of aliphatic hydroxyl groups is 1. The predicted molar refractivity (Wildman–Crippen MR) is 135 cm³/mol. The summed E-state index contributed by atoms with van der Waals surface area (Å²) in [4.78, 5) is 41.6. The van der Waals surface area contributed by atoms with Crippen LogP contribution in [-0.4, -0.2) is 39.6 Å². The maximum Gasteiger partial charge on any atom is 0.419 e. The molecule has 0 bridgehead atoms. The number of primary amides is 1. The van der Waals surface area contributed by atoms with Gasteiger partial charge >= 0.3 is 5.76 Å². The lowest BCUT2D eigenvalue weighted by atomic mass is 9.82. The Labute approximate surface area is 215 Å². The van der Waals surface area contributed by atoms with Crippen molar-refractivity contribution in [3.05, 3.63) is 81.7 Å². The van der Waals surface area contributed by atoms with Gasteiger partial charge in [-0.15, -0.1) is 0 Å². The van der Waals surface area contributed by atoms with Gasteiger partial charge in [-0.2, -0.15) is 0 Å². The molecule has 0 aliphatic carbocycles. The van der Waals surface area contributed by atoms with Crippen LogP contribution in [0.15, 0.2) is 57.7 Å². The van der Waals surface area contributed by atoms with Crippen molar-refractivity contribution in [2.24, 2.45) is 12.8 Å². The molecule has 0 saturated heterocycles. The first kappa shape index (κ1) is 25.2. The summed E-state index contributed by atoms with van der Waals surface area (Å²) >= 11 is 0. The van der Waals surface area contributed by atoms with Crippen molar-refractivity contribution < 1.29 is 28.2 Å². The van der Waals surface area contributed by atoms with Crippen LogP contribution < -0.4 is 21.5 Å². The number of carbonyl (C=O) groups is 2. The molecule has 38 heavy (non-hydrogen) atoms. The van der Waals surface area contributed by atoms with Crippen LogP contribution in [0.1, 0.15) is 35.5 Å². The van der Waals surface area contributed by atoms with Gasteiger partial charge in [0.1, 0.15) is 34.9 Å². The average Bonchev–Trinajstić information content (AvgIpc) is 3.39. The van der Waals surface area contributed by atoms with Crippen molar-refractivity contribution in [1.82, 2.24) is 14.9 Å². The van der Waals surface area contributed by atoms with E-state index in [-0.39, 0.29) is 24.4 Å². The van der Waals surface area contributed by atoms with E-state index in [1.54, 1.807) is 13.0 Å². The van der Waals surface area contributed by atoms with Gasteiger partial charge in [0.05, 0.1) is 17.8 Å². The highest BCUT2D eigenvalue weighted by Crippen LogP contribution is 2.45. The van der Waals surface area contributed by atoms with Crippen molar-refractivity contribution in [2.75, 3.05) is 13.2 Å². The maximum absolute atomic E-state index is 13.6. The second kappa shape index (κ2) is 8.80. The minimum atomic E-state index is -1.69. The molecule has 0 spiro atoms. The van der Waals surface area contributed by atoms with E-state index in [0.29, 0.717) is 33.7 Å². The summed E-state index contributed by atoms with van der Waals surface area (Å²) in [6.45, 7) is 2.85. The highest BCUT2D eigenvalue weighted by atomic mass is 19.1. The molecule has 4 aromatic rings. The molecule has 2 atom stereocenters. The number of hydrogen-bond donors (Lipinski definition) is 3. The number of pyridine rings is 1. The summed E-state index contributed by atoms with van der Waals surface area (Å²) in [5.41, 5.74) is 5.28. The third-order valence-electron chi connectivity index (χ3n) is 6.93. The molecule has 3 heterocycles. The molecule has 0 radical (unpaired) electrons. The van der Waals surface area contributed by atoms with Gasteiger partial charge in [-0.3, -0.25) is 14.2 Å². The first-order chi connectivity index (χ1) is 17.9.